The molecule has 0 spiro atoms. The van der Waals surface area contributed by atoms with Crippen LogP contribution < -0.4 is 14.6 Å². The Hall–Kier alpha value is -3.14. The van der Waals surface area contributed by atoms with Gasteiger partial charge >= 0.3 is 17.6 Å². The van der Waals surface area contributed by atoms with Gasteiger partial charge in [-0.05, 0) is 23.3 Å². The fourth-order valence-electron chi connectivity index (χ4n) is 1.88. The highest BCUT2D eigenvalue weighted by atomic mass is 16.6. The highest BCUT2D eigenvalue weighted by molar-refractivity contribution is 5.99. The Morgan fingerprint density at radius 3 is 2.24 bits per heavy atom. The zero-order valence-electron chi connectivity index (χ0n) is 11.2. The predicted octanol–water partition coefficient (Wildman–Crippen LogP) is 2.25. The number of diazo groups is 1. The van der Waals surface area contributed by atoms with Crippen LogP contribution in [0.2, 0.25) is 0 Å². The summed E-state index contributed by atoms with van der Waals surface area (Å²) in [4.78, 5) is 25.2. The molecule has 0 atom stereocenters. The number of benzene rings is 2. The first-order valence-electron chi connectivity index (χ1n) is 5.92. The van der Waals surface area contributed by atoms with Crippen LogP contribution in [0.25, 0.3) is 15.7 Å². The van der Waals surface area contributed by atoms with Crippen LogP contribution in [0.1, 0.15) is 13.8 Å². The number of fused-ring (bicyclic) bond motifs is 1. The molecule has 106 valence electrons. The molecule has 2 aromatic rings. The topological polar surface area (TPSA) is 104 Å². The van der Waals surface area contributed by atoms with Crippen molar-refractivity contribution in [1.29, 1.82) is 5.39 Å². The Balaban J connectivity index is 2.75. The molecule has 0 amide bonds. The van der Waals surface area contributed by atoms with Gasteiger partial charge in [0.1, 0.15) is 0 Å². The number of hydrogen-bond donors (Lipinski definition) is 0. The van der Waals surface area contributed by atoms with Crippen LogP contribution in [-0.4, -0.2) is 11.9 Å². The Bertz CT molecular complexity index is 792. The minimum atomic E-state index is -0.626. The van der Waals surface area contributed by atoms with E-state index in [9.17, 15) is 14.7 Å². The summed E-state index contributed by atoms with van der Waals surface area (Å²) in [5.74, 6) is -1.75. The molecule has 0 saturated carbocycles. The van der Waals surface area contributed by atoms with Gasteiger partial charge in [-0.15, -0.1) is 0 Å². The van der Waals surface area contributed by atoms with Crippen LogP contribution in [0.3, 0.4) is 0 Å². The van der Waals surface area contributed by atoms with E-state index < -0.39 is 17.7 Å². The third-order valence-electron chi connectivity index (χ3n) is 2.65. The monoisotopic (exact) mass is 286 g/mol. The van der Waals surface area contributed by atoms with Crippen molar-refractivity contribution in [2.24, 2.45) is 0 Å². The van der Waals surface area contributed by atoms with Crippen molar-refractivity contribution in [3.8, 4) is 17.2 Å². The lowest BCUT2D eigenvalue weighted by atomic mass is 10.1. The highest BCUT2D eigenvalue weighted by Crippen LogP contribution is 2.41. The number of hydrogen-bond acceptors (Lipinski definition) is 6. The van der Waals surface area contributed by atoms with E-state index in [1.54, 1.807) is 0 Å². The molecule has 2 aromatic carbocycles. The molecule has 7 nitrogen and oxygen atoms in total. The van der Waals surface area contributed by atoms with Crippen molar-refractivity contribution < 1.29 is 24.2 Å². The standard InChI is InChI=1S/C14H10N2O5/c1-7(17)20-12-6-4-9-10(14(12)21-8(2)18)3-5-11(16-15)13(9)19/h3-6H,1-2H3. The summed E-state index contributed by atoms with van der Waals surface area (Å²) in [6.45, 7) is 2.39. The zero-order chi connectivity index (χ0) is 15.6. The number of rotatable bonds is 2. The molecule has 2 rings (SSSR count). The first-order chi connectivity index (χ1) is 9.93. The minimum Gasteiger partial charge on any atom is -0.867 e. The fourth-order valence-corrected chi connectivity index (χ4v) is 1.88. The van der Waals surface area contributed by atoms with Gasteiger partial charge in [0.05, 0.1) is 0 Å². The van der Waals surface area contributed by atoms with Crippen molar-refractivity contribution in [2.75, 3.05) is 0 Å². The van der Waals surface area contributed by atoms with E-state index >= 15 is 0 Å². The quantitative estimate of drug-likeness (QED) is 0.476. The lowest BCUT2D eigenvalue weighted by Crippen LogP contribution is -2.07. The summed E-state index contributed by atoms with van der Waals surface area (Å²) in [7, 11) is 0. The second-order valence-electron chi connectivity index (χ2n) is 4.19. The first-order valence-corrected chi connectivity index (χ1v) is 5.92. The maximum Gasteiger partial charge on any atom is 0.378 e. The van der Waals surface area contributed by atoms with Gasteiger partial charge in [-0.25, -0.2) is 0 Å². The fraction of sp³-hybridized carbons (Fsp3) is 0.143. The van der Waals surface area contributed by atoms with E-state index in [0.717, 1.165) is 0 Å². The number of carbonyl (C=O) groups is 2. The van der Waals surface area contributed by atoms with Crippen LogP contribution in [0.15, 0.2) is 24.3 Å². The van der Waals surface area contributed by atoms with Gasteiger partial charge < -0.3 is 14.6 Å². The molecule has 0 bridgehead atoms. The van der Waals surface area contributed by atoms with E-state index in [1.165, 1.54) is 38.1 Å². The molecule has 0 fully saturated rings. The van der Waals surface area contributed by atoms with Crippen molar-refractivity contribution in [3.63, 3.8) is 0 Å². The molecule has 0 aliphatic rings. The van der Waals surface area contributed by atoms with E-state index in [2.05, 4.69) is 4.98 Å². The van der Waals surface area contributed by atoms with Crippen molar-refractivity contribution in [3.05, 3.63) is 29.2 Å². The van der Waals surface area contributed by atoms with E-state index in [1.807, 2.05) is 0 Å². The molecule has 7 heteroatoms. The average Bonchev–Trinajstić information content (AvgIpc) is 2.41. The summed E-state index contributed by atoms with van der Waals surface area (Å²) in [5.41, 5.74) is -0.142. The van der Waals surface area contributed by atoms with Crippen LogP contribution in [0.5, 0.6) is 17.2 Å². The van der Waals surface area contributed by atoms with Crippen molar-refractivity contribution in [2.45, 2.75) is 13.8 Å². The maximum absolute atomic E-state index is 12.0. The Morgan fingerprint density at radius 1 is 1.05 bits per heavy atom. The van der Waals surface area contributed by atoms with Crippen LogP contribution in [0, 0.1) is 5.39 Å². The summed E-state index contributed by atoms with van der Waals surface area (Å²) in [6.07, 6.45) is 0. The van der Waals surface area contributed by atoms with Gasteiger partial charge in [0.15, 0.2) is 16.5 Å². The Morgan fingerprint density at radius 2 is 1.67 bits per heavy atom. The highest BCUT2D eigenvalue weighted by Gasteiger charge is 2.18. The molecule has 0 unspecified atom stereocenters. The van der Waals surface area contributed by atoms with Crippen molar-refractivity contribution in [1.82, 2.24) is 0 Å². The van der Waals surface area contributed by atoms with E-state index in [4.69, 9.17) is 14.9 Å². The first kappa shape index (κ1) is 14.3. The number of carbonyl (C=O) groups excluding carboxylic acids is 2. The second-order valence-corrected chi connectivity index (χ2v) is 4.19. The SMILES string of the molecule is CC(=O)Oc1ccc2c([O-])c([N+]#N)ccc2c1OC(C)=O. The van der Waals surface area contributed by atoms with E-state index in [0.29, 0.717) is 0 Å². The molecule has 21 heavy (non-hydrogen) atoms. The van der Waals surface area contributed by atoms with Gasteiger partial charge in [0.2, 0.25) is 5.39 Å². The molecule has 0 aliphatic heterocycles. The lowest BCUT2D eigenvalue weighted by Gasteiger charge is -2.14. The lowest BCUT2D eigenvalue weighted by molar-refractivity contribution is -0.264. The minimum absolute atomic E-state index is 0.0262. The largest absolute Gasteiger partial charge is 0.867 e. The number of nitrogens with zero attached hydrogens (tertiary/aromatic N) is 2. The molecule has 0 N–H and O–H groups in total. The number of ether oxygens (including phenoxy) is 2. The van der Waals surface area contributed by atoms with Gasteiger partial charge in [0.25, 0.3) is 0 Å². The molecule has 0 radical (unpaired) electrons. The Kier molecular flexibility index (Phi) is 3.71. The summed E-state index contributed by atoms with van der Waals surface area (Å²) < 4.78 is 10.00. The summed E-state index contributed by atoms with van der Waals surface area (Å²) in [5, 5.41) is 21.2. The van der Waals surface area contributed by atoms with Gasteiger partial charge in [-0.1, -0.05) is 6.07 Å². The molecular formula is C14H10N2O5. The normalized spacial score (nSPS) is 9.95. The average molecular weight is 286 g/mol. The second kappa shape index (κ2) is 5.46. The third-order valence-corrected chi connectivity index (χ3v) is 2.65. The maximum atomic E-state index is 12.0. The van der Waals surface area contributed by atoms with E-state index in [-0.39, 0.29) is 28.0 Å². The van der Waals surface area contributed by atoms with Crippen LogP contribution >= 0.6 is 0 Å². The molecule has 0 aliphatic carbocycles. The smallest absolute Gasteiger partial charge is 0.378 e. The van der Waals surface area contributed by atoms with Crippen LogP contribution in [0.4, 0.5) is 5.69 Å². The van der Waals surface area contributed by atoms with Gasteiger partial charge in [-0.2, -0.15) is 0 Å². The summed E-state index contributed by atoms with van der Waals surface area (Å²) in [6, 6.07) is 5.45. The number of esters is 2. The predicted molar refractivity (Wildman–Crippen MR) is 70.8 cm³/mol. The molecular weight excluding hydrogens is 276 g/mol. The van der Waals surface area contributed by atoms with Crippen LogP contribution in [-0.2, 0) is 9.59 Å². The summed E-state index contributed by atoms with van der Waals surface area (Å²) >= 11 is 0. The third kappa shape index (κ3) is 2.74. The van der Waals surface area contributed by atoms with Gasteiger partial charge in [-0.3, -0.25) is 9.59 Å². The zero-order valence-corrected chi connectivity index (χ0v) is 11.2. The molecule has 0 heterocycles. The molecule has 0 aromatic heterocycles. The molecule has 0 saturated heterocycles. The van der Waals surface area contributed by atoms with Gasteiger partial charge in [0, 0.05) is 25.3 Å². The van der Waals surface area contributed by atoms with Crippen molar-refractivity contribution >= 4 is 28.4 Å². The Labute approximate surface area is 119 Å².